The molecule has 0 spiro atoms. The first-order valence-electron chi connectivity index (χ1n) is 10.9. The van der Waals surface area contributed by atoms with Gasteiger partial charge in [-0.25, -0.2) is 4.79 Å². The van der Waals surface area contributed by atoms with E-state index in [-0.39, 0.29) is 0 Å². The van der Waals surface area contributed by atoms with Crippen LogP contribution in [0.2, 0.25) is 0 Å². The van der Waals surface area contributed by atoms with Crippen molar-refractivity contribution in [3.05, 3.63) is 48.0 Å². The lowest BCUT2D eigenvalue weighted by Gasteiger charge is -2.29. The highest BCUT2D eigenvalue weighted by Gasteiger charge is 2.38. The summed E-state index contributed by atoms with van der Waals surface area (Å²) >= 11 is 0. The third kappa shape index (κ3) is 8.41. The predicted molar refractivity (Wildman–Crippen MR) is 126 cm³/mol. The topological polar surface area (TPSA) is 87.7 Å². The Bertz CT molecular complexity index is 977. The van der Waals surface area contributed by atoms with Crippen LogP contribution < -0.4 is 15.4 Å². The van der Waals surface area contributed by atoms with Crippen LogP contribution >= 0.6 is 0 Å². The largest absolute Gasteiger partial charge is 0.496 e. The number of methoxy groups -OCH3 is 1. The molecule has 2 aromatic carbocycles. The number of aliphatic carboxylic acids is 1. The van der Waals surface area contributed by atoms with E-state index in [1.54, 1.807) is 13.4 Å². The van der Waals surface area contributed by atoms with Gasteiger partial charge in [0.15, 0.2) is 0 Å². The molecule has 0 heterocycles. The summed E-state index contributed by atoms with van der Waals surface area (Å²) in [4.78, 5) is 9.75. The summed E-state index contributed by atoms with van der Waals surface area (Å²) in [6, 6.07) is 15.5. The Morgan fingerprint density at radius 2 is 1.68 bits per heavy atom. The van der Waals surface area contributed by atoms with Crippen molar-refractivity contribution in [2.75, 3.05) is 20.4 Å². The third-order valence-corrected chi connectivity index (χ3v) is 6.66. The van der Waals surface area contributed by atoms with E-state index in [1.165, 1.54) is 25.7 Å². The quantitative estimate of drug-likeness (QED) is 0.524. The minimum atomic E-state index is -5.08. The van der Waals surface area contributed by atoms with Gasteiger partial charge in [-0.2, -0.15) is 13.2 Å². The van der Waals surface area contributed by atoms with E-state index in [1.807, 2.05) is 24.3 Å². The lowest BCUT2D eigenvalue weighted by molar-refractivity contribution is -0.192. The number of carbonyl (C=O) groups is 1. The molecule has 34 heavy (non-hydrogen) atoms. The van der Waals surface area contributed by atoms with Gasteiger partial charge in [0.1, 0.15) is 5.75 Å². The zero-order chi connectivity index (χ0) is 25.3. The number of carboxylic acids is 1. The molecular formula is C24H31F3N2O4S. The Hall–Kier alpha value is -2.43. The van der Waals surface area contributed by atoms with Crippen molar-refractivity contribution < 1.29 is 32.0 Å². The molecule has 2 aromatic rings. The van der Waals surface area contributed by atoms with E-state index in [4.69, 9.17) is 14.6 Å². The van der Waals surface area contributed by atoms with E-state index in [9.17, 15) is 17.4 Å². The predicted octanol–water partition coefficient (Wildman–Crippen LogP) is 4.35. The average Bonchev–Trinajstić information content (AvgIpc) is 2.82. The number of rotatable bonds is 7. The molecule has 3 rings (SSSR count). The molecule has 10 heteroatoms. The molecule has 1 aliphatic carbocycles. The van der Waals surface area contributed by atoms with Crippen LogP contribution in [0, 0.1) is 0 Å². The lowest BCUT2D eigenvalue weighted by atomic mass is 9.91. The first-order valence-corrected chi connectivity index (χ1v) is 12.4. The number of ether oxygens (including phenoxy) is 1. The van der Waals surface area contributed by atoms with Gasteiger partial charge in [0.25, 0.3) is 0 Å². The summed E-state index contributed by atoms with van der Waals surface area (Å²) in [5.74, 6) is -1.85. The molecule has 1 atom stereocenters. The van der Waals surface area contributed by atoms with E-state index in [0.29, 0.717) is 12.1 Å². The summed E-state index contributed by atoms with van der Waals surface area (Å²) in [5.41, 5.74) is 3.37. The van der Waals surface area contributed by atoms with Crippen LogP contribution in [-0.2, 0) is 22.1 Å². The van der Waals surface area contributed by atoms with Gasteiger partial charge in [-0.15, -0.1) is 0 Å². The van der Waals surface area contributed by atoms with Crippen LogP contribution in [0.4, 0.5) is 13.2 Å². The zero-order valence-corrected chi connectivity index (χ0v) is 20.3. The third-order valence-electron chi connectivity index (χ3n) is 5.74. The molecule has 0 saturated heterocycles. The van der Waals surface area contributed by atoms with Crippen LogP contribution in [0.1, 0.15) is 31.2 Å². The number of hydrogen-bond acceptors (Lipinski definition) is 5. The fourth-order valence-electron chi connectivity index (χ4n) is 3.79. The van der Waals surface area contributed by atoms with E-state index < -0.39 is 22.9 Å². The van der Waals surface area contributed by atoms with E-state index in [2.05, 4.69) is 35.9 Å². The molecule has 188 valence electrons. The standard InChI is InChI=1S/C22H30N2O2S.C2HF3O2/c1-23-19-8-10-20(11-9-19)24-15-18-13-17(7-12-22(18)26-2)16-5-4-6-21(14-16)27(3)25;3-2(4,5)1(6)7/h4-7,12-14,19-20,23-24H,8-11,15H2,1-3H3;(H,6,7). The summed E-state index contributed by atoms with van der Waals surface area (Å²) in [6.45, 7) is 0.797. The van der Waals surface area contributed by atoms with Gasteiger partial charge in [0, 0.05) is 46.1 Å². The van der Waals surface area contributed by atoms with E-state index in [0.717, 1.165) is 33.9 Å². The van der Waals surface area contributed by atoms with Gasteiger partial charge in [-0.05, 0) is 68.1 Å². The molecule has 1 saturated carbocycles. The molecule has 0 aromatic heterocycles. The van der Waals surface area contributed by atoms with Gasteiger partial charge in [0.2, 0.25) is 0 Å². The van der Waals surface area contributed by atoms with Crippen LogP contribution in [0.5, 0.6) is 5.75 Å². The van der Waals surface area contributed by atoms with Crippen molar-refractivity contribution in [3.63, 3.8) is 0 Å². The zero-order valence-electron chi connectivity index (χ0n) is 19.4. The van der Waals surface area contributed by atoms with Crippen molar-refractivity contribution in [2.45, 2.75) is 55.4 Å². The average molecular weight is 501 g/mol. The van der Waals surface area contributed by atoms with Crippen molar-refractivity contribution >= 4 is 16.8 Å². The molecule has 1 unspecified atom stereocenters. The Balaban J connectivity index is 0.000000509. The normalized spacial score (nSPS) is 19.0. The summed E-state index contributed by atoms with van der Waals surface area (Å²) in [7, 11) is 2.80. The lowest BCUT2D eigenvalue weighted by Crippen LogP contribution is -2.38. The molecule has 1 fully saturated rings. The summed E-state index contributed by atoms with van der Waals surface area (Å²) < 4.78 is 49.1. The molecule has 3 N–H and O–H groups in total. The van der Waals surface area contributed by atoms with Crippen molar-refractivity contribution in [2.24, 2.45) is 0 Å². The molecule has 0 radical (unpaired) electrons. The van der Waals surface area contributed by atoms with E-state index >= 15 is 0 Å². The Labute approximate surface area is 200 Å². The molecule has 0 amide bonds. The second kappa shape index (κ2) is 12.9. The molecule has 0 bridgehead atoms. The second-order valence-electron chi connectivity index (χ2n) is 8.03. The molecular weight excluding hydrogens is 469 g/mol. The smallest absolute Gasteiger partial charge is 0.490 e. The van der Waals surface area contributed by atoms with Crippen molar-refractivity contribution in [1.29, 1.82) is 0 Å². The number of halogens is 3. The number of benzene rings is 2. The number of hydrogen-bond donors (Lipinski definition) is 3. The number of carboxylic acid groups (broad SMARTS) is 1. The Morgan fingerprint density at radius 1 is 1.09 bits per heavy atom. The van der Waals surface area contributed by atoms with Gasteiger partial charge in [0.05, 0.1) is 7.11 Å². The molecule has 1 aliphatic rings. The highest BCUT2D eigenvalue weighted by molar-refractivity contribution is 7.84. The van der Waals surface area contributed by atoms with Gasteiger partial charge >= 0.3 is 12.1 Å². The van der Waals surface area contributed by atoms with Gasteiger partial charge in [-0.1, -0.05) is 18.2 Å². The van der Waals surface area contributed by atoms with Crippen LogP contribution in [0.25, 0.3) is 11.1 Å². The summed E-state index contributed by atoms with van der Waals surface area (Å²) in [6.07, 6.45) is 1.50. The maximum Gasteiger partial charge on any atom is 0.490 e. The Morgan fingerprint density at radius 3 is 2.21 bits per heavy atom. The highest BCUT2D eigenvalue weighted by Crippen LogP contribution is 2.28. The van der Waals surface area contributed by atoms with Crippen LogP contribution in [0.15, 0.2) is 47.4 Å². The maximum absolute atomic E-state index is 11.8. The fourth-order valence-corrected chi connectivity index (χ4v) is 4.35. The molecule has 0 aliphatic heterocycles. The first-order chi connectivity index (χ1) is 16.0. The van der Waals surface area contributed by atoms with Gasteiger partial charge in [-0.3, -0.25) is 4.21 Å². The van der Waals surface area contributed by atoms with Crippen molar-refractivity contribution in [1.82, 2.24) is 10.6 Å². The minimum absolute atomic E-state index is 0.564. The fraction of sp³-hybridized carbons (Fsp3) is 0.458. The number of nitrogens with one attached hydrogen (secondary N) is 2. The number of alkyl halides is 3. The highest BCUT2D eigenvalue weighted by atomic mass is 32.2. The van der Waals surface area contributed by atoms with Gasteiger partial charge < -0.3 is 20.5 Å². The summed E-state index contributed by atoms with van der Waals surface area (Å²) in [5, 5.41) is 14.2. The first kappa shape index (κ1) is 27.8. The minimum Gasteiger partial charge on any atom is -0.496 e. The Kier molecular flexibility index (Phi) is 10.5. The van der Waals surface area contributed by atoms with Crippen molar-refractivity contribution in [3.8, 4) is 16.9 Å². The van der Waals surface area contributed by atoms with Crippen LogP contribution in [-0.4, -0.2) is 54.0 Å². The monoisotopic (exact) mass is 500 g/mol. The molecule has 6 nitrogen and oxygen atoms in total. The SMILES string of the molecule is CNC1CCC(NCc2cc(-c3cccc(S(C)=O)c3)ccc2OC)CC1.O=C(O)C(F)(F)F. The second-order valence-corrected chi connectivity index (χ2v) is 9.41. The van der Waals surface area contributed by atoms with Crippen LogP contribution in [0.3, 0.4) is 0 Å². The maximum atomic E-state index is 11.8.